The number of nitro benzene ring substituents is 1. The fourth-order valence-corrected chi connectivity index (χ4v) is 3.75. The summed E-state index contributed by atoms with van der Waals surface area (Å²) >= 11 is 1.83. The van der Waals surface area contributed by atoms with E-state index in [2.05, 4.69) is 5.32 Å². The number of hydrogen-bond donors (Lipinski definition) is 1. The first-order chi connectivity index (χ1) is 8.70. The average Bonchev–Trinajstić information content (AvgIpc) is 2.40. The molecule has 4 nitrogen and oxygen atoms in total. The first kappa shape index (κ1) is 13.4. The van der Waals surface area contributed by atoms with Gasteiger partial charge in [0.25, 0.3) is 5.69 Å². The Bertz CT molecular complexity index is 408. The standard InChI is InChI=1S/C13H18N2O2S/c1-14-12-4-2-3-5-13(12)18-11-8-6-10(7-9-11)15(16)17/h6-9,12-14H,2-5H2,1H3. The van der Waals surface area contributed by atoms with Gasteiger partial charge in [0.2, 0.25) is 0 Å². The Kier molecular flexibility index (Phi) is 4.60. The summed E-state index contributed by atoms with van der Waals surface area (Å²) in [6.45, 7) is 0. The smallest absolute Gasteiger partial charge is 0.269 e. The van der Waals surface area contributed by atoms with E-state index in [1.165, 1.54) is 25.7 Å². The highest BCUT2D eigenvalue weighted by atomic mass is 32.2. The Balaban J connectivity index is 2.01. The molecule has 1 aromatic rings. The van der Waals surface area contributed by atoms with Crippen molar-refractivity contribution < 1.29 is 4.92 Å². The van der Waals surface area contributed by atoms with E-state index in [9.17, 15) is 10.1 Å². The second kappa shape index (κ2) is 6.20. The van der Waals surface area contributed by atoms with E-state index in [1.807, 2.05) is 30.9 Å². The average molecular weight is 266 g/mol. The molecule has 1 aliphatic carbocycles. The van der Waals surface area contributed by atoms with Crippen molar-refractivity contribution in [3.05, 3.63) is 34.4 Å². The molecular formula is C13H18N2O2S. The van der Waals surface area contributed by atoms with Crippen LogP contribution in [0.15, 0.2) is 29.2 Å². The number of non-ortho nitro benzene ring substituents is 1. The molecule has 0 bridgehead atoms. The summed E-state index contributed by atoms with van der Waals surface area (Å²) in [6.07, 6.45) is 5.01. The minimum absolute atomic E-state index is 0.160. The van der Waals surface area contributed by atoms with Gasteiger partial charge >= 0.3 is 0 Å². The van der Waals surface area contributed by atoms with Crippen LogP contribution in [0.1, 0.15) is 25.7 Å². The molecule has 2 atom stereocenters. The molecule has 1 saturated carbocycles. The van der Waals surface area contributed by atoms with E-state index in [0.717, 1.165) is 4.90 Å². The minimum Gasteiger partial charge on any atom is -0.316 e. The SMILES string of the molecule is CNC1CCCCC1Sc1ccc([N+](=O)[O-])cc1. The van der Waals surface area contributed by atoms with Gasteiger partial charge in [-0.1, -0.05) is 12.8 Å². The third-order valence-electron chi connectivity index (χ3n) is 3.41. The van der Waals surface area contributed by atoms with Gasteiger partial charge < -0.3 is 5.32 Å². The molecule has 1 N–H and O–H groups in total. The van der Waals surface area contributed by atoms with Crippen molar-refractivity contribution in [1.82, 2.24) is 5.32 Å². The van der Waals surface area contributed by atoms with Gasteiger partial charge in [0.15, 0.2) is 0 Å². The normalized spacial score (nSPS) is 23.8. The number of benzene rings is 1. The lowest BCUT2D eigenvalue weighted by molar-refractivity contribution is -0.384. The molecule has 0 saturated heterocycles. The van der Waals surface area contributed by atoms with Gasteiger partial charge in [0, 0.05) is 28.3 Å². The molecule has 98 valence electrons. The maximum Gasteiger partial charge on any atom is 0.269 e. The molecule has 1 aliphatic rings. The second-order valence-corrected chi connectivity index (χ2v) is 5.90. The number of nitro groups is 1. The molecule has 1 fully saturated rings. The van der Waals surface area contributed by atoms with Crippen molar-refractivity contribution >= 4 is 17.4 Å². The Morgan fingerprint density at radius 3 is 2.56 bits per heavy atom. The van der Waals surface area contributed by atoms with Crippen LogP contribution >= 0.6 is 11.8 Å². The van der Waals surface area contributed by atoms with E-state index in [-0.39, 0.29) is 10.6 Å². The molecule has 1 aromatic carbocycles. The molecular weight excluding hydrogens is 248 g/mol. The van der Waals surface area contributed by atoms with E-state index in [1.54, 1.807) is 12.1 Å². The molecule has 5 heteroatoms. The molecule has 18 heavy (non-hydrogen) atoms. The van der Waals surface area contributed by atoms with Crippen molar-refractivity contribution in [3.63, 3.8) is 0 Å². The number of rotatable bonds is 4. The zero-order chi connectivity index (χ0) is 13.0. The molecule has 0 aromatic heterocycles. The Morgan fingerprint density at radius 2 is 1.94 bits per heavy atom. The highest BCUT2D eigenvalue weighted by molar-refractivity contribution is 8.00. The van der Waals surface area contributed by atoms with Crippen LogP contribution in [0.4, 0.5) is 5.69 Å². The lowest BCUT2D eigenvalue weighted by atomic mass is 9.95. The van der Waals surface area contributed by atoms with E-state index < -0.39 is 0 Å². The molecule has 2 rings (SSSR count). The van der Waals surface area contributed by atoms with Gasteiger partial charge in [-0.05, 0) is 32.0 Å². The highest BCUT2D eigenvalue weighted by Gasteiger charge is 2.24. The number of nitrogens with zero attached hydrogens (tertiary/aromatic N) is 1. The topological polar surface area (TPSA) is 55.2 Å². The quantitative estimate of drug-likeness (QED) is 0.671. The second-order valence-electron chi connectivity index (χ2n) is 4.59. The summed E-state index contributed by atoms with van der Waals surface area (Å²) in [5.74, 6) is 0. The van der Waals surface area contributed by atoms with Crippen LogP contribution < -0.4 is 5.32 Å². The van der Waals surface area contributed by atoms with Gasteiger partial charge in [-0.25, -0.2) is 0 Å². The third kappa shape index (κ3) is 3.23. The largest absolute Gasteiger partial charge is 0.316 e. The molecule has 2 unspecified atom stereocenters. The van der Waals surface area contributed by atoms with Gasteiger partial charge in [-0.15, -0.1) is 11.8 Å². The maximum absolute atomic E-state index is 10.6. The molecule has 0 spiro atoms. The maximum atomic E-state index is 10.6. The van der Waals surface area contributed by atoms with Crippen LogP contribution in [-0.4, -0.2) is 23.3 Å². The third-order valence-corrected chi connectivity index (χ3v) is 4.82. The predicted molar refractivity (Wildman–Crippen MR) is 74.1 cm³/mol. The van der Waals surface area contributed by atoms with Crippen molar-refractivity contribution in [3.8, 4) is 0 Å². The van der Waals surface area contributed by atoms with Crippen LogP contribution in [0.5, 0.6) is 0 Å². The fraction of sp³-hybridized carbons (Fsp3) is 0.538. The van der Waals surface area contributed by atoms with Crippen LogP contribution in [0.2, 0.25) is 0 Å². The van der Waals surface area contributed by atoms with Gasteiger partial charge in [-0.3, -0.25) is 10.1 Å². The van der Waals surface area contributed by atoms with Crippen LogP contribution in [0.25, 0.3) is 0 Å². The zero-order valence-electron chi connectivity index (χ0n) is 10.5. The summed E-state index contributed by atoms with van der Waals surface area (Å²) in [4.78, 5) is 11.4. The summed E-state index contributed by atoms with van der Waals surface area (Å²) in [7, 11) is 2.01. The van der Waals surface area contributed by atoms with Gasteiger partial charge in [0.1, 0.15) is 0 Å². The van der Waals surface area contributed by atoms with E-state index in [0.29, 0.717) is 11.3 Å². The lowest BCUT2D eigenvalue weighted by Crippen LogP contribution is -2.38. The lowest BCUT2D eigenvalue weighted by Gasteiger charge is -2.30. The minimum atomic E-state index is -0.356. The Labute approximate surface area is 111 Å². The fourth-order valence-electron chi connectivity index (χ4n) is 2.39. The first-order valence-corrected chi connectivity index (χ1v) is 7.17. The first-order valence-electron chi connectivity index (χ1n) is 6.29. The predicted octanol–water partition coefficient (Wildman–Crippen LogP) is 3.22. The Morgan fingerprint density at radius 1 is 1.28 bits per heavy atom. The van der Waals surface area contributed by atoms with Gasteiger partial charge in [0.05, 0.1) is 4.92 Å². The van der Waals surface area contributed by atoms with Crippen molar-refractivity contribution in [2.75, 3.05) is 7.05 Å². The number of thioether (sulfide) groups is 1. The van der Waals surface area contributed by atoms with Crippen molar-refractivity contribution in [1.29, 1.82) is 0 Å². The molecule has 0 aliphatic heterocycles. The summed E-state index contributed by atoms with van der Waals surface area (Å²) in [6, 6.07) is 7.42. The van der Waals surface area contributed by atoms with E-state index in [4.69, 9.17) is 0 Å². The van der Waals surface area contributed by atoms with Gasteiger partial charge in [-0.2, -0.15) is 0 Å². The van der Waals surface area contributed by atoms with E-state index >= 15 is 0 Å². The zero-order valence-corrected chi connectivity index (χ0v) is 11.3. The molecule has 0 heterocycles. The van der Waals surface area contributed by atoms with Crippen molar-refractivity contribution in [2.24, 2.45) is 0 Å². The Hall–Kier alpha value is -1.07. The van der Waals surface area contributed by atoms with Crippen LogP contribution in [0.3, 0.4) is 0 Å². The van der Waals surface area contributed by atoms with Crippen molar-refractivity contribution in [2.45, 2.75) is 41.9 Å². The molecule has 0 radical (unpaired) electrons. The monoisotopic (exact) mass is 266 g/mol. The molecule has 0 amide bonds. The van der Waals surface area contributed by atoms with Crippen LogP contribution in [0, 0.1) is 10.1 Å². The van der Waals surface area contributed by atoms with Crippen LogP contribution in [-0.2, 0) is 0 Å². The number of hydrogen-bond acceptors (Lipinski definition) is 4. The summed E-state index contributed by atoms with van der Waals surface area (Å²) in [5, 5.41) is 14.5. The summed E-state index contributed by atoms with van der Waals surface area (Å²) in [5.41, 5.74) is 0.160. The number of nitrogens with one attached hydrogen (secondary N) is 1. The highest BCUT2D eigenvalue weighted by Crippen LogP contribution is 2.34. The summed E-state index contributed by atoms with van der Waals surface area (Å²) < 4.78 is 0.